The predicted molar refractivity (Wildman–Crippen MR) is 125 cm³/mol. The van der Waals surface area contributed by atoms with E-state index in [4.69, 9.17) is 4.98 Å². The monoisotopic (exact) mass is 427 g/mol. The molecule has 0 bridgehead atoms. The molecule has 8 heteroatoms. The minimum absolute atomic E-state index is 0.139. The van der Waals surface area contributed by atoms with Gasteiger partial charge in [-0.25, -0.2) is 14.8 Å². The van der Waals surface area contributed by atoms with Crippen LogP contribution in [-0.4, -0.2) is 45.1 Å². The normalized spacial score (nSPS) is 11.7. The van der Waals surface area contributed by atoms with E-state index in [1.807, 2.05) is 43.3 Å². The Balaban J connectivity index is 1.60. The molecule has 1 aromatic carbocycles. The number of nitrogens with one attached hydrogen (secondary N) is 3. The molecular formula is C24H25N7O. The maximum Gasteiger partial charge on any atom is 0.315 e. The fourth-order valence-corrected chi connectivity index (χ4v) is 3.44. The molecule has 3 aromatic heterocycles. The van der Waals surface area contributed by atoms with Gasteiger partial charge >= 0.3 is 6.03 Å². The number of pyridine rings is 2. The van der Waals surface area contributed by atoms with Gasteiger partial charge in [-0.3, -0.25) is 9.97 Å². The van der Waals surface area contributed by atoms with Crippen molar-refractivity contribution in [3.63, 3.8) is 0 Å². The molecule has 3 heterocycles. The van der Waals surface area contributed by atoms with E-state index < -0.39 is 0 Å². The van der Waals surface area contributed by atoms with Gasteiger partial charge in [0.05, 0.1) is 17.8 Å². The van der Waals surface area contributed by atoms with Gasteiger partial charge in [-0.2, -0.15) is 0 Å². The van der Waals surface area contributed by atoms with Crippen LogP contribution in [0.3, 0.4) is 0 Å². The molecule has 2 amide bonds. The molecule has 162 valence electrons. The molecule has 0 aliphatic carbocycles. The van der Waals surface area contributed by atoms with E-state index >= 15 is 0 Å². The Hall–Kier alpha value is -4.07. The maximum atomic E-state index is 12.2. The van der Waals surface area contributed by atoms with E-state index in [2.05, 4.69) is 43.0 Å². The van der Waals surface area contributed by atoms with Gasteiger partial charge < -0.3 is 16.0 Å². The van der Waals surface area contributed by atoms with Crippen molar-refractivity contribution in [2.75, 3.05) is 18.4 Å². The van der Waals surface area contributed by atoms with E-state index in [0.29, 0.717) is 31.2 Å². The Kier molecular flexibility index (Phi) is 6.81. The summed E-state index contributed by atoms with van der Waals surface area (Å²) in [7, 11) is 0. The number of fused-ring (bicyclic) bond motifs is 1. The van der Waals surface area contributed by atoms with Gasteiger partial charge in [0.25, 0.3) is 0 Å². The SMILES string of the molecule is CCNC(=O)NC(CNc1nc(-c2ccncc2)nc2cnccc12)Cc1ccccc1. The van der Waals surface area contributed by atoms with Gasteiger partial charge in [-0.1, -0.05) is 30.3 Å². The first-order chi connectivity index (χ1) is 15.7. The van der Waals surface area contributed by atoms with Crippen LogP contribution in [0.1, 0.15) is 12.5 Å². The van der Waals surface area contributed by atoms with Gasteiger partial charge in [0.1, 0.15) is 5.82 Å². The molecule has 1 unspecified atom stereocenters. The van der Waals surface area contributed by atoms with Crippen molar-refractivity contribution in [1.82, 2.24) is 30.6 Å². The lowest BCUT2D eigenvalue weighted by Gasteiger charge is -2.21. The summed E-state index contributed by atoms with van der Waals surface area (Å²) in [6, 6.07) is 15.4. The standard InChI is InChI=1S/C24H25N7O/c1-2-27-24(32)29-19(14-17-6-4-3-5-7-17)15-28-23-20-10-13-26-16-21(20)30-22(31-23)18-8-11-25-12-9-18/h3-13,16,19H,2,14-15H2,1H3,(H2,27,29,32)(H,28,30,31). The average Bonchev–Trinajstić information content (AvgIpc) is 2.83. The fourth-order valence-electron chi connectivity index (χ4n) is 3.44. The van der Waals surface area contributed by atoms with Crippen LogP contribution in [0.4, 0.5) is 10.6 Å². The van der Waals surface area contributed by atoms with Crippen LogP contribution in [-0.2, 0) is 6.42 Å². The molecule has 3 N–H and O–H groups in total. The van der Waals surface area contributed by atoms with E-state index in [0.717, 1.165) is 22.0 Å². The smallest absolute Gasteiger partial charge is 0.315 e. The van der Waals surface area contributed by atoms with E-state index in [1.54, 1.807) is 24.8 Å². The largest absolute Gasteiger partial charge is 0.367 e. The second-order valence-electron chi connectivity index (χ2n) is 7.30. The summed E-state index contributed by atoms with van der Waals surface area (Å²) in [5, 5.41) is 10.2. The van der Waals surface area contributed by atoms with Crippen LogP contribution in [0.2, 0.25) is 0 Å². The van der Waals surface area contributed by atoms with Gasteiger partial charge in [0.2, 0.25) is 0 Å². The lowest BCUT2D eigenvalue weighted by Crippen LogP contribution is -2.46. The molecule has 8 nitrogen and oxygen atoms in total. The number of carbonyl (C=O) groups is 1. The number of nitrogens with zero attached hydrogens (tertiary/aromatic N) is 4. The van der Waals surface area contributed by atoms with E-state index in [1.165, 1.54) is 0 Å². The van der Waals surface area contributed by atoms with Gasteiger partial charge in [0.15, 0.2) is 5.82 Å². The number of anilines is 1. The zero-order valence-electron chi connectivity index (χ0n) is 17.8. The van der Waals surface area contributed by atoms with Gasteiger partial charge in [-0.05, 0) is 37.1 Å². The van der Waals surface area contributed by atoms with Crippen LogP contribution in [0.15, 0.2) is 73.3 Å². The Morgan fingerprint density at radius 2 is 1.75 bits per heavy atom. The fraction of sp³-hybridized carbons (Fsp3) is 0.208. The molecule has 0 radical (unpaired) electrons. The minimum atomic E-state index is -0.190. The highest BCUT2D eigenvalue weighted by Crippen LogP contribution is 2.24. The molecule has 0 saturated heterocycles. The zero-order chi connectivity index (χ0) is 22.2. The molecule has 4 aromatic rings. The van der Waals surface area contributed by atoms with Crippen LogP contribution < -0.4 is 16.0 Å². The van der Waals surface area contributed by atoms with Crippen molar-refractivity contribution in [2.45, 2.75) is 19.4 Å². The summed E-state index contributed by atoms with van der Waals surface area (Å²) >= 11 is 0. The highest BCUT2D eigenvalue weighted by atomic mass is 16.2. The van der Waals surface area contributed by atoms with Crippen molar-refractivity contribution >= 4 is 22.8 Å². The number of carbonyl (C=O) groups excluding carboxylic acids is 1. The molecule has 1 atom stereocenters. The number of benzene rings is 1. The number of hydrogen-bond donors (Lipinski definition) is 3. The predicted octanol–water partition coefficient (Wildman–Crippen LogP) is 3.43. The van der Waals surface area contributed by atoms with Gasteiger partial charge in [-0.15, -0.1) is 0 Å². The second-order valence-corrected chi connectivity index (χ2v) is 7.30. The number of rotatable bonds is 8. The van der Waals surface area contributed by atoms with E-state index in [-0.39, 0.29) is 12.1 Å². The highest BCUT2D eigenvalue weighted by molar-refractivity contribution is 5.90. The molecular weight excluding hydrogens is 402 g/mol. The van der Waals surface area contributed by atoms with E-state index in [9.17, 15) is 4.79 Å². The van der Waals surface area contributed by atoms with Crippen molar-refractivity contribution in [1.29, 1.82) is 0 Å². The summed E-state index contributed by atoms with van der Waals surface area (Å²) in [6.45, 7) is 2.96. The first kappa shape index (κ1) is 21.2. The number of amides is 2. The van der Waals surface area contributed by atoms with Crippen molar-refractivity contribution in [3.8, 4) is 11.4 Å². The first-order valence-corrected chi connectivity index (χ1v) is 10.6. The molecule has 0 aliphatic rings. The number of aromatic nitrogens is 4. The summed E-state index contributed by atoms with van der Waals surface area (Å²) in [6.07, 6.45) is 7.56. The average molecular weight is 428 g/mol. The molecule has 4 rings (SSSR count). The Labute approximate surface area is 186 Å². The third-order valence-electron chi connectivity index (χ3n) is 4.95. The first-order valence-electron chi connectivity index (χ1n) is 10.6. The highest BCUT2D eigenvalue weighted by Gasteiger charge is 2.15. The minimum Gasteiger partial charge on any atom is -0.367 e. The molecule has 0 fully saturated rings. The summed E-state index contributed by atoms with van der Waals surface area (Å²) in [4.78, 5) is 29.9. The second kappa shape index (κ2) is 10.3. The lowest BCUT2D eigenvalue weighted by atomic mass is 10.1. The Morgan fingerprint density at radius 3 is 2.53 bits per heavy atom. The summed E-state index contributed by atoms with van der Waals surface area (Å²) < 4.78 is 0. The number of urea groups is 1. The lowest BCUT2D eigenvalue weighted by molar-refractivity contribution is 0.238. The molecule has 0 saturated carbocycles. The third-order valence-corrected chi connectivity index (χ3v) is 4.95. The summed E-state index contributed by atoms with van der Waals surface area (Å²) in [5.41, 5.74) is 2.76. The Morgan fingerprint density at radius 1 is 0.969 bits per heavy atom. The third kappa shape index (κ3) is 5.34. The van der Waals surface area contributed by atoms with Crippen molar-refractivity contribution in [3.05, 3.63) is 78.9 Å². The van der Waals surface area contributed by atoms with Crippen LogP contribution in [0.25, 0.3) is 22.3 Å². The Bertz CT molecular complexity index is 1170. The maximum absolute atomic E-state index is 12.2. The molecule has 0 aliphatic heterocycles. The van der Waals surface area contributed by atoms with Crippen LogP contribution in [0.5, 0.6) is 0 Å². The molecule has 0 spiro atoms. The zero-order valence-corrected chi connectivity index (χ0v) is 17.8. The molecule has 32 heavy (non-hydrogen) atoms. The quantitative estimate of drug-likeness (QED) is 0.398. The topological polar surface area (TPSA) is 105 Å². The van der Waals surface area contributed by atoms with Crippen LogP contribution in [0, 0.1) is 0 Å². The van der Waals surface area contributed by atoms with Crippen molar-refractivity contribution < 1.29 is 4.79 Å². The van der Waals surface area contributed by atoms with Crippen LogP contribution >= 0.6 is 0 Å². The van der Waals surface area contributed by atoms with Crippen molar-refractivity contribution in [2.24, 2.45) is 0 Å². The summed E-state index contributed by atoms with van der Waals surface area (Å²) in [5.74, 6) is 1.28. The number of hydrogen-bond acceptors (Lipinski definition) is 6. The van der Waals surface area contributed by atoms with Gasteiger partial charge in [0, 0.05) is 42.6 Å².